The van der Waals surface area contributed by atoms with E-state index in [0.29, 0.717) is 0 Å². The summed E-state index contributed by atoms with van der Waals surface area (Å²) in [6, 6.07) is 0. The smallest absolute Gasteiger partial charge is 0.240 e. The van der Waals surface area contributed by atoms with E-state index in [1.807, 2.05) is 20.9 Å². The Balaban J connectivity index is 2.77. The molecule has 1 amide bonds. The lowest BCUT2D eigenvalue weighted by molar-refractivity contribution is -0.135. The van der Waals surface area contributed by atoms with Crippen LogP contribution in [-0.4, -0.2) is 36.5 Å². The Hall–Kier alpha value is -0.570. The molecule has 0 aliphatic carbocycles. The number of carbonyl (C=O) groups excluding carboxylic acids is 1. The standard InChI is InChI=1S/C8H16N2O/c1-4-8(2)7(11)9-5-6-10(8)3/h4-6H2,1-3H3,(H,9,11). The van der Waals surface area contributed by atoms with Gasteiger partial charge in [0.05, 0.1) is 5.54 Å². The molecule has 0 aromatic heterocycles. The van der Waals surface area contributed by atoms with E-state index in [1.165, 1.54) is 0 Å². The first-order valence-electron chi connectivity index (χ1n) is 4.11. The molecular formula is C8H16N2O. The van der Waals surface area contributed by atoms with Crippen LogP contribution in [0.1, 0.15) is 20.3 Å². The molecule has 1 aliphatic rings. The van der Waals surface area contributed by atoms with E-state index in [-0.39, 0.29) is 11.4 Å². The van der Waals surface area contributed by atoms with Crippen molar-refractivity contribution in [2.75, 3.05) is 20.1 Å². The first-order valence-corrected chi connectivity index (χ1v) is 4.11. The summed E-state index contributed by atoms with van der Waals surface area (Å²) in [5, 5.41) is 2.87. The molecule has 1 atom stereocenters. The molecule has 11 heavy (non-hydrogen) atoms. The summed E-state index contributed by atoms with van der Waals surface area (Å²) in [7, 11) is 2.00. The van der Waals surface area contributed by atoms with Crippen molar-refractivity contribution in [1.82, 2.24) is 10.2 Å². The number of rotatable bonds is 1. The van der Waals surface area contributed by atoms with Crippen molar-refractivity contribution in [1.29, 1.82) is 0 Å². The molecule has 1 saturated heterocycles. The summed E-state index contributed by atoms with van der Waals surface area (Å²) in [4.78, 5) is 13.5. The second-order valence-corrected chi connectivity index (χ2v) is 3.30. The molecule has 0 radical (unpaired) electrons. The fraction of sp³-hybridized carbons (Fsp3) is 0.875. The van der Waals surface area contributed by atoms with E-state index in [4.69, 9.17) is 0 Å². The Morgan fingerprint density at radius 1 is 1.73 bits per heavy atom. The number of nitrogens with zero attached hydrogens (tertiary/aromatic N) is 1. The van der Waals surface area contributed by atoms with Gasteiger partial charge in [0.2, 0.25) is 5.91 Å². The van der Waals surface area contributed by atoms with Crippen molar-refractivity contribution in [2.24, 2.45) is 0 Å². The third-order valence-electron chi connectivity index (χ3n) is 2.75. The van der Waals surface area contributed by atoms with Crippen LogP contribution in [0.15, 0.2) is 0 Å². The summed E-state index contributed by atoms with van der Waals surface area (Å²) in [6.45, 7) is 5.77. The normalized spacial score (nSPS) is 33.5. The van der Waals surface area contributed by atoms with Gasteiger partial charge in [-0.2, -0.15) is 0 Å². The largest absolute Gasteiger partial charge is 0.353 e. The van der Waals surface area contributed by atoms with E-state index >= 15 is 0 Å². The molecule has 0 saturated carbocycles. The van der Waals surface area contributed by atoms with Crippen LogP contribution >= 0.6 is 0 Å². The minimum atomic E-state index is -0.280. The van der Waals surface area contributed by atoms with Crippen LogP contribution in [0.4, 0.5) is 0 Å². The maximum atomic E-state index is 11.4. The van der Waals surface area contributed by atoms with Crippen LogP contribution in [0.25, 0.3) is 0 Å². The third kappa shape index (κ3) is 1.25. The van der Waals surface area contributed by atoms with Gasteiger partial charge in [-0.15, -0.1) is 0 Å². The molecule has 3 nitrogen and oxygen atoms in total. The average molecular weight is 156 g/mol. The van der Waals surface area contributed by atoms with Gasteiger partial charge < -0.3 is 5.32 Å². The zero-order chi connectivity index (χ0) is 8.48. The van der Waals surface area contributed by atoms with E-state index < -0.39 is 0 Å². The quantitative estimate of drug-likeness (QED) is 0.589. The van der Waals surface area contributed by atoms with Gasteiger partial charge in [0.1, 0.15) is 0 Å². The summed E-state index contributed by atoms with van der Waals surface area (Å²) >= 11 is 0. The molecule has 3 heteroatoms. The van der Waals surface area contributed by atoms with Crippen LogP contribution in [0.5, 0.6) is 0 Å². The molecule has 1 heterocycles. The Morgan fingerprint density at radius 2 is 2.36 bits per heavy atom. The van der Waals surface area contributed by atoms with Crippen molar-refractivity contribution < 1.29 is 4.79 Å². The van der Waals surface area contributed by atoms with E-state index in [1.54, 1.807) is 0 Å². The fourth-order valence-corrected chi connectivity index (χ4v) is 1.38. The highest BCUT2D eigenvalue weighted by Crippen LogP contribution is 2.19. The lowest BCUT2D eigenvalue weighted by atomic mass is 9.94. The minimum Gasteiger partial charge on any atom is -0.353 e. The van der Waals surface area contributed by atoms with Gasteiger partial charge in [0.15, 0.2) is 0 Å². The molecule has 1 rings (SSSR count). The molecule has 1 N–H and O–H groups in total. The second kappa shape index (κ2) is 2.81. The first-order chi connectivity index (χ1) is 5.11. The van der Waals surface area contributed by atoms with E-state index in [9.17, 15) is 4.79 Å². The van der Waals surface area contributed by atoms with Gasteiger partial charge in [-0.1, -0.05) is 6.92 Å². The van der Waals surface area contributed by atoms with Crippen molar-refractivity contribution in [3.8, 4) is 0 Å². The Kier molecular flexibility index (Phi) is 2.18. The minimum absolute atomic E-state index is 0.161. The summed E-state index contributed by atoms with van der Waals surface area (Å²) in [5.41, 5.74) is -0.280. The SMILES string of the molecule is CCC1(C)C(=O)NCCN1C. The highest BCUT2D eigenvalue weighted by molar-refractivity contribution is 5.86. The van der Waals surface area contributed by atoms with Gasteiger partial charge in [0, 0.05) is 13.1 Å². The van der Waals surface area contributed by atoms with Crippen LogP contribution < -0.4 is 5.32 Å². The predicted octanol–water partition coefficient (Wildman–Crippen LogP) is 0.217. The maximum Gasteiger partial charge on any atom is 0.240 e. The van der Waals surface area contributed by atoms with E-state index in [2.05, 4.69) is 10.2 Å². The predicted molar refractivity (Wildman–Crippen MR) is 44.3 cm³/mol. The molecule has 64 valence electrons. The van der Waals surface area contributed by atoms with Gasteiger partial charge >= 0.3 is 0 Å². The molecular weight excluding hydrogens is 140 g/mol. The van der Waals surface area contributed by atoms with Gasteiger partial charge in [-0.05, 0) is 20.4 Å². The molecule has 1 unspecified atom stereocenters. The van der Waals surface area contributed by atoms with Crippen LogP contribution in [0, 0.1) is 0 Å². The monoisotopic (exact) mass is 156 g/mol. The number of carbonyl (C=O) groups is 1. The van der Waals surface area contributed by atoms with Gasteiger partial charge in [-0.25, -0.2) is 0 Å². The number of amides is 1. The van der Waals surface area contributed by atoms with Crippen LogP contribution in [0.2, 0.25) is 0 Å². The Labute approximate surface area is 67.8 Å². The fourth-order valence-electron chi connectivity index (χ4n) is 1.38. The molecule has 1 fully saturated rings. The topological polar surface area (TPSA) is 32.3 Å². The van der Waals surface area contributed by atoms with Gasteiger partial charge in [0.25, 0.3) is 0 Å². The number of hydrogen-bond acceptors (Lipinski definition) is 2. The van der Waals surface area contributed by atoms with Crippen molar-refractivity contribution in [3.63, 3.8) is 0 Å². The average Bonchev–Trinajstić information content (AvgIpc) is 2.00. The number of likely N-dealkylation sites (N-methyl/N-ethyl adjacent to an activating group) is 1. The molecule has 0 aromatic carbocycles. The summed E-state index contributed by atoms with van der Waals surface area (Å²) in [5.74, 6) is 0.161. The highest BCUT2D eigenvalue weighted by atomic mass is 16.2. The summed E-state index contributed by atoms with van der Waals surface area (Å²) in [6.07, 6.45) is 0.870. The molecule has 0 spiro atoms. The van der Waals surface area contributed by atoms with Crippen molar-refractivity contribution in [2.45, 2.75) is 25.8 Å². The maximum absolute atomic E-state index is 11.4. The van der Waals surface area contributed by atoms with Crippen molar-refractivity contribution in [3.05, 3.63) is 0 Å². The number of nitrogens with one attached hydrogen (secondary N) is 1. The molecule has 0 bridgehead atoms. The molecule has 1 aliphatic heterocycles. The third-order valence-corrected chi connectivity index (χ3v) is 2.75. The number of hydrogen-bond donors (Lipinski definition) is 1. The molecule has 0 aromatic rings. The second-order valence-electron chi connectivity index (χ2n) is 3.30. The zero-order valence-corrected chi connectivity index (χ0v) is 7.48. The highest BCUT2D eigenvalue weighted by Gasteiger charge is 2.37. The lowest BCUT2D eigenvalue weighted by Crippen LogP contribution is -2.61. The lowest BCUT2D eigenvalue weighted by Gasteiger charge is -2.40. The first kappa shape index (κ1) is 8.53. The van der Waals surface area contributed by atoms with Crippen LogP contribution in [-0.2, 0) is 4.79 Å². The summed E-state index contributed by atoms with van der Waals surface area (Å²) < 4.78 is 0. The van der Waals surface area contributed by atoms with Crippen molar-refractivity contribution >= 4 is 5.91 Å². The van der Waals surface area contributed by atoms with Crippen LogP contribution in [0.3, 0.4) is 0 Å². The number of piperazine rings is 1. The van der Waals surface area contributed by atoms with Gasteiger partial charge in [-0.3, -0.25) is 9.69 Å². The Bertz CT molecular complexity index is 169. The van der Waals surface area contributed by atoms with E-state index in [0.717, 1.165) is 19.5 Å². The Morgan fingerprint density at radius 3 is 2.73 bits per heavy atom. The zero-order valence-electron chi connectivity index (χ0n) is 7.48.